The SMILES string of the molecule is CCCCC[C@H](O)/C=C/[C@@H]1[C@H]2CC(O)O[C@H]2C[C@H]1O. The quantitative estimate of drug-likeness (QED) is 0.506. The van der Waals surface area contributed by atoms with Crippen LogP contribution in [0.5, 0.6) is 0 Å². The van der Waals surface area contributed by atoms with E-state index < -0.39 is 18.5 Å². The third kappa shape index (κ3) is 3.78. The Labute approximate surface area is 115 Å². The molecule has 110 valence electrons. The summed E-state index contributed by atoms with van der Waals surface area (Å²) in [6, 6.07) is 0. The van der Waals surface area contributed by atoms with Gasteiger partial charge in [0.1, 0.15) is 0 Å². The minimum atomic E-state index is -0.687. The van der Waals surface area contributed by atoms with E-state index >= 15 is 0 Å². The predicted octanol–water partition coefficient (Wildman–Crippen LogP) is 1.59. The van der Waals surface area contributed by atoms with Gasteiger partial charge in [0.05, 0.1) is 18.3 Å². The zero-order valence-corrected chi connectivity index (χ0v) is 11.6. The van der Waals surface area contributed by atoms with E-state index in [1.54, 1.807) is 6.08 Å². The lowest BCUT2D eigenvalue weighted by molar-refractivity contribution is -0.0949. The van der Waals surface area contributed by atoms with Gasteiger partial charge in [-0.05, 0) is 12.3 Å². The summed E-state index contributed by atoms with van der Waals surface area (Å²) in [6.45, 7) is 2.14. The Balaban J connectivity index is 1.83. The van der Waals surface area contributed by atoms with Crippen molar-refractivity contribution in [3.05, 3.63) is 12.2 Å². The maximum Gasteiger partial charge on any atom is 0.155 e. The molecule has 4 heteroatoms. The zero-order chi connectivity index (χ0) is 13.8. The van der Waals surface area contributed by atoms with E-state index in [9.17, 15) is 15.3 Å². The molecule has 2 fully saturated rings. The Bertz CT molecular complexity index is 305. The molecule has 0 aromatic carbocycles. The van der Waals surface area contributed by atoms with Crippen LogP contribution in [0.1, 0.15) is 45.4 Å². The largest absolute Gasteiger partial charge is 0.392 e. The highest BCUT2D eigenvalue weighted by Gasteiger charge is 2.47. The summed E-state index contributed by atoms with van der Waals surface area (Å²) in [5.74, 6) is 0.187. The molecule has 0 amide bonds. The standard InChI is InChI=1S/C15H26O4/c1-2-3-4-5-10(16)6-7-11-12-8-15(18)19-14(12)9-13(11)17/h6-7,10-18H,2-5,8-9H2,1H3/b7-6+/t10-,11+,12+,13+,14-,15?/m0/s1. The second kappa shape index (κ2) is 6.84. The van der Waals surface area contributed by atoms with Gasteiger partial charge in [0, 0.05) is 18.8 Å². The predicted molar refractivity (Wildman–Crippen MR) is 72.4 cm³/mol. The molecule has 0 spiro atoms. The molecular weight excluding hydrogens is 244 g/mol. The monoisotopic (exact) mass is 270 g/mol. The summed E-state index contributed by atoms with van der Waals surface area (Å²) >= 11 is 0. The van der Waals surface area contributed by atoms with Gasteiger partial charge in [-0.15, -0.1) is 0 Å². The normalized spacial score (nSPS) is 39.9. The number of ether oxygens (including phenoxy) is 1. The molecule has 0 bridgehead atoms. The first kappa shape index (κ1) is 15.0. The van der Waals surface area contributed by atoms with Crippen LogP contribution < -0.4 is 0 Å². The van der Waals surface area contributed by atoms with Crippen LogP contribution in [-0.2, 0) is 4.74 Å². The van der Waals surface area contributed by atoms with Crippen molar-refractivity contribution in [2.45, 2.75) is 70.1 Å². The van der Waals surface area contributed by atoms with Gasteiger partial charge in [0.25, 0.3) is 0 Å². The number of unbranched alkanes of at least 4 members (excludes halogenated alkanes) is 2. The van der Waals surface area contributed by atoms with Crippen molar-refractivity contribution in [3.8, 4) is 0 Å². The molecule has 1 saturated carbocycles. The zero-order valence-electron chi connectivity index (χ0n) is 11.6. The molecule has 1 heterocycles. The molecule has 1 aliphatic carbocycles. The molecule has 0 aromatic heterocycles. The summed E-state index contributed by atoms with van der Waals surface area (Å²) in [4.78, 5) is 0. The molecule has 1 unspecified atom stereocenters. The summed E-state index contributed by atoms with van der Waals surface area (Å²) < 4.78 is 5.37. The molecule has 0 radical (unpaired) electrons. The Hall–Kier alpha value is -0.420. The first-order valence-electron chi connectivity index (χ1n) is 7.49. The fourth-order valence-corrected chi connectivity index (χ4v) is 3.29. The van der Waals surface area contributed by atoms with Crippen LogP contribution in [0.4, 0.5) is 0 Å². The number of aliphatic hydroxyl groups is 3. The van der Waals surface area contributed by atoms with Gasteiger partial charge in [-0.1, -0.05) is 38.3 Å². The minimum absolute atomic E-state index is 0.00275. The number of aliphatic hydroxyl groups excluding tert-OH is 3. The third-order valence-electron chi connectivity index (χ3n) is 4.35. The molecule has 1 saturated heterocycles. The van der Waals surface area contributed by atoms with E-state index in [0.29, 0.717) is 12.8 Å². The summed E-state index contributed by atoms with van der Waals surface area (Å²) in [7, 11) is 0. The maximum atomic E-state index is 10.0. The topological polar surface area (TPSA) is 69.9 Å². The molecule has 3 N–H and O–H groups in total. The van der Waals surface area contributed by atoms with E-state index in [2.05, 4.69) is 6.92 Å². The molecule has 6 atom stereocenters. The van der Waals surface area contributed by atoms with E-state index in [1.807, 2.05) is 6.08 Å². The van der Waals surface area contributed by atoms with E-state index in [1.165, 1.54) is 0 Å². The van der Waals surface area contributed by atoms with E-state index in [4.69, 9.17) is 4.74 Å². The van der Waals surface area contributed by atoms with Gasteiger partial charge in [-0.3, -0.25) is 0 Å². The second-order valence-electron chi connectivity index (χ2n) is 5.86. The van der Waals surface area contributed by atoms with E-state index in [0.717, 1.165) is 25.7 Å². The molecule has 2 rings (SSSR count). The van der Waals surface area contributed by atoms with Gasteiger partial charge < -0.3 is 20.1 Å². The van der Waals surface area contributed by atoms with Crippen LogP contribution in [0.3, 0.4) is 0 Å². The molecule has 4 nitrogen and oxygen atoms in total. The highest BCUT2D eigenvalue weighted by molar-refractivity contribution is 5.06. The van der Waals surface area contributed by atoms with Crippen molar-refractivity contribution in [1.29, 1.82) is 0 Å². The lowest BCUT2D eigenvalue weighted by Gasteiger charge is -2.16. The Morgan fingerprint density at radius 3 is 2.79 bits per heavy atom. The van der Waals surface area contributed by atoms with Crippen molar-refractivity contribution < 1.29 is 20.1 Å². The fraction of sp³-hybridized carbons (Fsp3) is 0.867. The lowest BCUT2D eigenvalue weighted by Crippen LogP contribution is -2.19. The van der Waals surface area contributed by atoms with Crippen molar-refractivity contribution in [2.75, 3.05) is 0 Å². The third-order valence-corrected chi connectivity index (χ3v) is 4.35. The fourth-order valence-electron chi connectivity index (χ4n) is 3.29. The molecule has 1 aliphatic heterocycles. The Morgan fingerprint density at radius 2 is 2.05 bits per heavy atom. The van der Waals surface area contributed by atoms with Crippen LogP contribution in [0.25, 0.3) is 0 Å². The number of hydrogen-bond acceptors (Lipinski definition) is 4. The molecule has 0 aromatic rings. The van der Waals surface area contributed by atoms with Crippen LogP contribution in [0.15, 0.2) is 12.2 Å². The van der Waals surface area contributed by atoms with Gasteiger partial charge in [-0.25, -0.2) is 0 Å². The summed E-state index contributed by atoms with van der Waals surface area (Å²) in [5, 5.41) is 29.4. The average Bonchev–Trinajstić information content (AvgIpc) is 2.82. The number of rotatable bonds is 6. The van der Waals surface area contributed by atoms with Crippen LogP contribution >= 0.6 is 0 Å². The Kier molecular flexibility index (Phi) is 5.39. The first-order valence-corrected chi connectivity index (χ1v) is 7.49. The van der Waals surface area contributed by atoms with Crippen LogP contribution in [0.2, 0.25) is 0 Å². The van der Waals surface area contributed by atoms with E-state index in [-0.39, 0.29) is 17.9 Å². The van der Waals surface area contributed by atoms with Crippen molar-refractivity contribution in [1.82, 2.24) is 0 Å². The Morgan fingerprint density at radius 1 is 1.26 bits per heavy atom. The molecular formula is C15H26O4. The number of fused-ring (bicyclic) bond motifs is 1. The van der Waals surface area contributed by atoms with Crippen molar-refractivity contribution in [2.24, 2.45) is 11.8 Å². The van der Waals surface area contributed by atoms with Gasteiger partial charge in [0.15, 0.2) is 6.29 Å². The highest BCUT2D eigenvalue weighted by atomic mass is 16.6. The average molecular weight is 270 g/mol. The summed E-state index contributed by atoms with van der Waals surface area (Å²) in [6.07, 6.45) is 7.44. The van der Waals surface area contributed by atoms with Crippen molar-refractivity contribution >= 4 is 0 Å². The lowest BCUT2D eigenvalue weighted by atomic mass is 9.91. The van der Waals surface area contributed by atoms with Crippen LogP contribution in [0, 0.1) is 11.8 Å². The van der Waals surface area contributed by atoms with Gasteiger partial charge in [0.2, 0.25) is 0 Å². The highest BCUT2D eigenvalue weighted by Crippen LogP contribution is 2.43. The number of hydrogen-bond donors (Lipinski definition) is 3. The van der Waals surface area contributed by atoms with Gasteiger partial charge in [-0.2, -0.15) is 0 Å². The van der Waals surface area contributed by atoms with Crippen LogP contribution in [-0.4, -0.2) is 39.9 Å². The second-order valence-corrected chi connectivity index (χ2v) is 5.86. The van der Waals surface area contributed by atoms with Crippen molar-refractivity contribution in [3.63, 3.8) is 0 Å². The molecule has 19 heavy (non-hydrogen) atoms. The summed E-state index contributed by atoms with van der Waals surface area (Å²) in [5.41, 5.74) is 0. The smallest absolute Gasteiger partial charge is 0.155 e. The minimum Gasteiger partial charge on any atom is -0.392 e. The molecule has 2 aliphatic rings. The maximum absolute atomic E-state index is 10.0. The van der Waals surface area contributed by atoms with Gasteiger partial charge >= 0.3 is 0 Å². The first-order chi connectivity index (χ1) is 9.11.